The van der Waals surface area contributed by atoms with Gasteiger partial charge in [0, 0.05) is 12.3 Å². The topological polar surface area (TPSA) is 107 Å². The number of para-hydroxylation sites is 1. The number of esters is 1. The number of amides is 1. The monoisotopic (exact) mass is 456 g/mol. The van der Waals surface area contributed by atoms with Gasteiger partial charge < -0.3 is 24.6 Å². The Morgan fingerprint density at radius 3 is 2.45 bits per heavy atom. The first-order valence-corrected chi connectivity index (χ1v) is 11.4. The fraction of sp³-hybridized carbons (Fsp3) is 0.480. The summed E-state index contributed by atoms with van der Waals surface area (Å²) >= 11 is 0. The molecule has 1 aromatic carbocycles. The number of nitrogens with zero attached hydrogens (tertiary/aromatic N) is 1. The van der Waals surface area contributed by atoms with E-state index in [0.29, 0.717) is 5.75 Å². The summed E-state index contributed by atoms with van der Waals surface area (Å²) in [6.07, 6.45) is 5.82. The second-order valence-electron chi connectivity index (χ2n) is 8.34. The van der Waals surface area contributed by atoms with E-state index in [1.54, 1.807) is 0 Å². The van der Waals surface area contributed by atoms with Crippen LogP contribution in [0.4, 0.5) is 0 Å². The zero-order chi connectivity index (χ0) is 23.8. The summed E-state index contributed by atoms with van der Waals surface area (Å²) in [5.74, 6) is -0.627. The summed E-state index contributed by atoms with van der Waals surface area (Å²) < 4.78 is 17.0. The van der Waals surface area contributed by atoms with Gasteiger partial charge in [0.2, 0.25) is 0 Å². The lowest BCUT2D eigenvalue weighted by molar-refractivity contribution is -0.160. The highest BCUT2D eigenvalue weighted by Crippen LogP contribution is 2.31. The first kappa shape index (κ1) is 24.4. The molecule has 0 saturated heterocycles. The van der Waals surface area contributed by atoms with Gasteiger partial charge in [-0.25, -0.2) is 9.78 Å². The first-order valence-electron chi connectivity index (χ1n) is 11.4. The number of rotatable bonds is 9. The standard InChI is InChI=1S/C25H32N2O6/c1-16(27-24(29)21-22(28)20(31-3)14-15-26-21)25(30)33-23(18-10-6-4-7-11-18)17(2)32-19-12-8-5-9-13-19/h5,8-9,12-18,23,28H,4,6-7,10-11H2,1-3H3,(H,27,29)/t16-,17-,23+/m0/s1. The number of aromatic hydroxyl groups is 1. The van der Waals surface area contributed by atoms with Gasteiger partial charge in [-0.1, -0.05) is 37.5 Å². The van der Waals surface area contributed by atoms with E-state index in [-0.39, 0.29) is 29.2 Å². The van der Waals surface area contributed by atoms with Crippen molar-refractivity contribution in [2.75, 3.05) is 7.11 Å². The highest BCUT2D eigenvalue weighted by atomic mass is 16.6. The van der Waals surface area contributed by atoms with E-state index in [0.717, 1.165) is 25.7 Å². The minimum absolute atomic E-state index is 0.120. The lowest BCUT2D eigenvalue weighted by Gasteiger charge is -2.34. The molecule has 3 atom stereocenters. The van der Waals surface area contributed by atoms with Crippen molar-refractivity contribution in [3.63, 3.8) is 0 Å². The normalized spacial score (nSPS) is 16.8. The van der Waals surface area contributed by atoms with Crippen molar-refractivity contribution in [1.29, 1.82) is 0 Å². The molecule has 1 amide bonds. The zero-order valence-electron chi connectivity index (χ0n) is 19.3. The van der Waals surface area contributed by atoms with E-state index in [9.17, 15) is 14.7 Å². The molecule has 1 saturated carbocycles. The van der Waals surface area contributed by atoms with Crippen molar-refractivity contribution in [3.05, 3.63) is 48.3 Å². The van der Waals surface area contributed by atoms with Gasteiger partial charge in [-0.15, -0.1) is 0 Å². The van der Waals surface area contributed by atoms with Crippen molar-refractivity contribution in [3.8, 4) is 17.2 Å². The third-order valence-electron chi connectivity index (χ3n) is 5.92. The van der Waals surface area contributed by atoms with Crippen LogP contribution >= 0.6 is 0 Å². The number of carbonyl (C=O) groups excluding carboxylic acids is 2. The highest BCUT2D eigenvalue weighted by Gasteiger charge is 2.34. The molecule has 3 rings (SSSR count). The Bertz CT molecular complexity index is 930. The highest BCUT2D eigenvalue weighted by molar-refractivity contribution is 5.97. The molecule has 8 nitrogen and oxygen atoms in total. The molecule has 0 radical (unpaired) electrons. The van der Waals surface area contributed by atoms with Crippen LogP contribution in [0.2, 0.25) is 0 Å². The molecule has 178 valence electrons. The maximum Gasteiger partial charge on any atom is 0.328 e. The van der Waals surface area contributed by atoms with E-state index in [2.05, 4.69) is 10.3 Å². The van der Waals surface area contributed by atoms with Gasteiger partial charge in [-0.3, -0.25) is 4.79 Å². The van der Waals surface area contributed by atoms with Gasteiger partial charge in [-0.05, 0) is 44.7 Å². The predicted molar refractivity (Wildman–Crippen MR) is 122 cm³/mol. The Morgan fingerprint density at radius 1 is 1.09 bits per heavy atom. The van der Waals surface area contributed by atoms with Crippen molar-refractivity contribution < 1.29 is 28.9 Å². The quantitative estimate of drug-likeness (QED) is 0.552. The second kappa shape index (κ2) is 11.5. The number of carbonyl (C=O) groups is 2. The maximum atomic E-state index is 12.9. The third kappa shape index (κ3) is 6.37. The average molecular weight is 457 g/mol. The van der Waals surface area contributed by atoms with E-state index in [4.69, 9.17) is 14.2 Å². The molecule has 1 aromatic heterocycles. The summed E-state index contributed by atoms with van der Waals surface area (Å²) in [5.41, 5.74) is -0.224. The van der Waals surface area contributed by atoms with Crippen LogP contribution in [0.1, 0.15) is 56.4 Å². The Hall–Kier alpha value is -3.29. The number of nitrogens with one attached hydrogen (secondary N) is 1. The molecule has 1 fully saturated rings. The van der Waals surface area contributed by atoms with Gasteiger partial charge >= 0.3 is 5.97 Å². The predicted octanol–water partition coefficient (Wildman–Crippen LogP) is 3.87. The third-order valence-corrected chi connectivity index (χ3v) is 5.92. The molecule has 1 heterocycles. The number of ether oxygens (including phenoxy) is 3. The lowest BCUT2D eigenvalue weighted by atomic mass is 9.83. The van der Waals surface area contributed by atoms with Gasteiger partial charge in [0.1, 0.15) is 24.0 Å². The van der Waals surface area contributed by atoms with Crippen molar-refractivity contribution in [2.45, 2.75) is 64.2 Å². The van der Waals surface area contributed by atoms with Gasteiger partial charge in [-0.2, -0.15) is 0 Å². The molecule has 0 spiro atoms. The number of hydrogen-bond donors (Lipinski definition) is 2. The van der Waals surface area contributed by atoms with E-state index < -0.39 is 24.0 Å². The fourth-order valence-electron chi connectivity index (χ4n) is 4.15. The Morgan fingerprint density at radius 2 is 1.79 bits per heavy atom. The molecular formula is C25H32N2O6. The van der Waals surface area contributed by atoms with Gasteiger partial charge in [0.25, 0.3) is 5.91 Å². The van der Waals surface area contributed by atoms with Crippen molar-refractivity contribution in [1.82, 2.24) is 10.3 Å². The number of benzene rings is 1. The molecule has 8 heteroatoms. The minimum Gasteiger partial charge on any atom is -0.503 e. The average Bonchev–Trinajstić information content (AvgIpc) is 2.83. The molecule has 1 aliphatic carbocycles. The number of aromatic nitrogens is 1. The van der Waals surface area contributed by atoms with Gasteiger partial charge in [0.15, 0.2) is 17.2 Å². The number of pyridine rings is 1. The molecule has 2 aromatic rings. The summed E-state index contributed by atoms with van der Waals surface area (Å²) in [4.78, 5) is 29.4. The maximum absolute atomic E-state index is 12.9. The molecule has 0 aliphatic heterocycles. The van der Waals surface area contributed by atoms with Crippen LogP contribution in [0.5, 0.6) is 17.2 Å². The summed E-state index contributed by atoms with van der Waals surface area (Å²) in [6, 6.07) is 9.92. The van der Waals surface area contributed by atoms with Crippen LogP contribution < -0.4 is 14.8 Å². The molecule has 1 aliphatic rings. The van der Waals surface area contributed by atoms with Crippen molar-refractivity contribution >= 4 is 11.9 Å². The Labute approximate surface area is 194 Å². The van der Waals surface area contributed by atoms with Crippen LogP contribution in [-0.2, 0) is 9.53 Å². The Kier molecular flexibility index (Phi) is 8.52. The van der Waals surface area contributed by atoms with Gasteiger partial charge in [0.05, 0.1) is 7.11 Å². The van der Waals surface area contributed by atoms with Crippen LogP contribution in [-0.4, -0.2) is 47.3 Å². The molecule has 33 heavy (non-hydrogen) atoms. The summed E-state index contributed by atoms with van der Waals surface area (Å²) in [7, 11) is 1.38. The molecule has 2 N–H and O–H groups in total. The van der Waals surface area contributed by atoms with Crippen LogP contribution in [0.25, 0.3) is 0 Å². The molecular weight excluding hydrogens is 424 g/mol. The Balaban J connectivity index is 1.68. The van der Waals surface area contributed by atoms with Crippen molar-refractivity contribution in [2.24, 2.45) is 5.92 Å². The first-order chi connectivity index (χ1) is 15.9. The SMILES string of the molecule is COc1ccnc(C(=O)N[C@@H](C)C(=O)O[C@@H](C2CCCCC2)[C@H](C)Oc2ccccc2)c1O. The van der Waals surface area contributed by atoms with Crippen LogP contribution in [0, 0.1) is 5.92 Å². The second-order valence-corrected chi connectivity index (χ2v) is 8.34. The largest absolute Gasteiger partial charge is 0.503 e. The van der Waals surface area contributed by atoms with E-state index in [1.807, 2.05) is 37.3 Å². The number of methoxy groups -OCH3 is 1. The lowest BCUT2D eigenvalue weighted by Crippen LogP contribution is -2.46. The molecule has 0 bridgehead atoms. The number of hydrogen-bond acceptors (Lipinski definition) is 7. The minimum atomic E-state index is -0.945. The smallest absolute Gasteiger partial charge is 0.328 e. The summed E-state index contributed by atoms with van der Waals surface area (Å²) in [5, 5.41) is 12.7. The summed E-state index contributed by atoms with van der Waals surface area (Å²) in [6.45, 7) is 3.44. The van der Waals surface area contributed by atoms with Crippen LogP contribution in [0.3, 0.4) is 0 Å². The molecule has 0 unspecified atom stereocenters. The van der Waals surface area contributed by atoms with Crippen LogP contribution in [0.15, 0.2) is 42.6 Å². The zero-order valence-corrected chi connectivity index (χ0v) is 19.3. The van der Waals surface area contributed by atoms with E-state index in [1.165, 1.54) is 32.7 Å². The van der Waals surface area contributed by atoms with E-state index >= 15 is 0 Å². The fourth-order valence-corrected chi connectivity index (χ4v) is 4.15.